The topological polar surface area (TPSA) is 105 Å². The van der Waals surface area contributed by atoms with Gasteiger partial charge in [-0.15, -0.1) is 5.10 Å². The van der Waals surface area contributed by atoms with Crippen molar-refractivity contribution < 1.29 is 23.8 Å². The molecule has 2 aromatic heterocycles. The number of nitrogens with zero attached hydrogens (tertiary/aromatic N) is 4. The number of hydrogen-bond donors (Lipinski definition) is 0. The van der Waals surface area contributed by atoms with E-state index in [1.165, 1.54) is 4.52 Å². The molecule has 1 saturated carbocycles. The van der Waals surface area contributed by atoms with E-state index in [9.17, 15) is 9.59 Å². The lowest BCUT2D eigenvalue weighted by atomic mass is 9.76. The molecule has 2 atom stereocenters. The number of esters is 1. The first kappa shape index (κ1) is 25.8. The number of rotatable bonds is 8. The first-order valence-corrected chi connectivity index (χ1v) is 13.6. The van der Waals surface area contributed by atoms with Crippen LogP contribution in [0.2, 0.25) is 5.02 Å². The average Bonchev–Trinajstić information content (AvgIpc) is 3.55. The molecule has 2 fully saturated rings. The van der Waals surface area contributed by atoms with Crippen molar-refractivity contribution in [3.63, 3.8) is 0 Å². The minimum atomic E-state index is -1.00. The van der Waals surface area contributed by atoms with Crippen molar-refractivity contribution in [2.75, 3.05) is 14.2 Å². The van der Waals surface area contributed by atoms with E-state index in [1.807, 2.05) is 19.1 Å². The highest BCUT2D eigenvalue weighted by molar-refractivity contribution is 8.01. The summed E-state index contributed by atoms with van der Waals surface area (Å²) in [6, 6.07) is 5.39. The molecule has 1 saturated heterocycles. The number of halogens is 1. The van der Waals surface area contributed by atoms with Gasteiger partial charge in [-0.1, -0.05) is 36.2 Å². The van der Waals surface area contributed by atoms with Crippen LogP contribution >= 0.6 is 23.4 Å². The zero-order valence-corrected chi connectivity index (χ0v) is 22.6. The summed E-state index contributed by atoms with van der Waals surface area (Å²) in [4.78, 5) is 35.5. The van der Waals surface area contributed by atoms with Crippen LogP contribution in [0.5, 0.6) is 11.5 Å². The van der Waals surface area contributed by atoms with Gasteiger partial charge in [0.05, 0.1) is 19.2 Å². The SMILES string of the molecule is COc1cc(OC)c(CCC2(C3CCCC3)CC(=O)C(Sc3nc4nc(C)ccn4n3)C(=O)O2)cc1Cl. The third kappa shape index (κ3) is 5.13. The van der Waals surface area contributed by atoms with Gasteiger partial charge >= 0.3 is 5.97 Å². The maximum atomic E-state index is 13.5. The van der Waals surface area contributed by atoms with Crippen LogP contribution in [-0.4, -0.2) is 56.4 Å². The molecule has 0 amide bonds. The van der Waals surface area contributed by atoms with Gasteiger partial charge in [0.1, 0.15) is 17.1 Å². The molecule has 1 aliphatic carbocycles. The lowest BCUT2D eigenvalue weighted by Crippen LogP contribution is -2.53. The molecule has 5 rings (SSSR count). The summed E-state index contributed by atoms with van der Waals surface area (Å²) in [5.74, 6) is 1.04. The van der Waals surface area contributed by atoms with E-state index in [1.54, 1.807) is 26.5 Å². The van der Waals surface area contributed by atoms with E-state index in [-0.39, 0.29) is 18.1 Å². The highest BCUT2D eigenvalue weighted by Gasteiger charge is 2.52. The van der Waals surface area contributed by atoms with E-state index in [0.717, 1.165) is 48.7 Å². The third-order valence-corrected chi connectivity index (χ3v) is 8.68. The first-order valence-electron chi connectivity index (χ1n) is 12.3. The molecule has 3 heterocycles. The highest BCUT2D eigenvalue weighted by atomic mass is 35.5. The number of ether oxygens (including phenoxy) is 3. The number of cyclic esters (lactones) is 1. The van der Waals surface area contributed by atoms with Crippen LogP contribution in [0.15, 0.2) is 29.6 Å². The van der Waals surface area contributed by atoms with Crippen LogP contribution in [0.3, 0.4) is 0 Å². The number of aryl methyl sites for hydroxylation is 2. The molecule has 2 unspecified atom stereocenters. The average molecular weight is 545 g/mol. The predicted octanol–water partition coefficient (Wildman–Crippen LogP) is 4.64. The monoisotopic (exact) mass is 544 g/mol. The largest absolute Gasteiger partial charge is 0.496 e. The second-order valence-corrected chi connectivity index (χ2v) is 11.1. The zero-order valence-electron chi connectivity index (χ0n) is 21.0. The number of methoxy groups -OCH3 is 2. The Morgan fingerprint density at radius 2 is 1.92 bits per heavy atom. The summed E-state index contributed by atoms with van der Waals surface area (Å²) >= 11 is 7.41. The molecule has 0 bridgehead atoms. The molecule has 196 valence electrons. The fraction of sp³-hybridized carbons (Fsp3) is 0.500. The van der Waals surface area contributed by atoms with Gasteiger partial charge in [0, 0.05) is 24.4 Å². The van der Waals surface area contributed by atoms with Crippen molar-refractivity contribution >= 4 is 40.9 Å². The minimum Gasteiger partial charge on any atom is -0.496 e. The van der Waals surface area contributed by atoms with Crippen molar-refractivity contribution in [1.82, 2.24) is 19.6 Å². The van der Waals surface area contributed by atoms with Crippen molar-refractivity contribution in [2.45, 2.75) is 67.9 Å². The van der Waals surface area contributed by atoms with Crippen molar-refractivity contribution in [3.05, 3.63) is 40.7 Å². The molecule has 37 heavy (non-hydrogen) atoms. The van der Waals surface area contributed by atoms with E-state index in [4.69, 9.17) is 25.8 Å². The molecular formula is C26H29ClN4O5S. The Morgan fingerprint density at radius 3 is 2.62 bits per heavy atom. The Kier molecular flexibility index (Phi) is 7.31. The molecular weight excluding hydrogens is 516 g/mol. The van der Waals surface area contributed by atoms with Crippen LogP contribution in [0.25, 0.3) is 5.78 Å². The van der Waals surface area contributed by atoms with Gasteiger partial charge in [-0.3, -0.25) is 9.59 Å². The smallest absolute Gasteiger partial charge is 0.327 e. The van der Waals surface area contributed by atoms with Gasteiger partial charge in [-0.25, -0.2) is 9.50 Å². The predicted molar refractivity (Wildman–Crippen MR) is 138 cm³/mol. The summed E-state index contributed by atoms with van der Waals surface area (Å²) in [6.45, 7) is 1.86. The second-order valence-electron chi connectivity index (χ2n) is 9.61. The Bertz CT molecular complexity index is 1320. The molecule has 3 aromatic rings. The molecule has 1 aromatic carbocycles. The maximum Gasteiger partial charge on any atom is 0.327 e. The number of benzene rings is 1. The van der Waals surface area contributed by atoms with Gasteiger partial charge in [0.25, 0.3) is 5.78 Å². The number of carbonyl (C=O) groups excluding carboxylic acids is 2. The van der Waals surface area contributed by atoms with Gasteiger partial charge in [-0.2, -0.15) is 4.98 Å². The summed E-state index contributed by atoms with van der Waals surface area (Å²) in [5.41, 5.74) is 0.826. The summed E-state index contributed by atoms with van der Waals surface area (Å²) in [5, 5.41) is 4.15. The molecule has 0 radical (unpaired) electrons. The van der Waals surface area contributed by atoms with Crippen molar-refractivity contribution in [2.24, 2.45) is 5.92 Å². The van der Waals surface area contributed by atoms with E-state index < -0.39 is 16.8 Å². The first-order chi connectivity index (χ1) is 17.8. The van der Waals surface area contributed by atoms with Crippen molar-refractivity contribution in [3.8, 4) is 11.5 Å². The number of aromatic nitrogens is 4. The minimum absolute atomic E-state index is 0.131. The number of thioether (sulfide) groups is 1. The fourth-order valence-electron chi connectivity index (χ4n) is 5.41. The lowest BCUT2D eigenvalue weighted by Gasteiger charge is -2.42. The number of fused-ring (bicyclic) bond motifs is 1. The van der Waals surface area contributed by atoms with Gasteiger partial charge < -0.3 is 14.2 Å². The maximum absolute atomic E-state index is 13.5. The molecule has 9 nitrogen and oxygen atoms in total. The Morgan fingerprint density at radius 1 is 1.16 bits per heavy atom. The third-order valence-electron chi connectivity index (χ3n) is 7.31. The van der Waals surface area contributed by atoms with Gasteiger partial charge in [0.2, 0.25) is 5.16 Å². The standard InChI is InChI=1S/C26H29ClN4O5S/c1-15-9-11-31-24(28-15)29-25(30-31)37-22-19(32)14-26(36-23(22)33,17-6-4-5-7-17)10-8-16-12-18(27)21(35-3)13-20(16)34-2/h9,11-13,17,22H,4-8,10,14H2,1-3H3. The number of ketones is 1. The number of hydrogen-bond acceptors (Lipinski definition) is 9. The van der Waals surface area contributed by atoms with Gasteiger partial charge in [-0.05, 0) is 56.2 Å². The number of Topliss-reactive ketones (excluding diaryl/α,β-unsaturated/α-hetero) is 1. The van der Waals surface area contributed by atoms with Crippen molar-refractivity contribution in [1.29, 1.82) is 0 Å². The molecule has 0 N–H and O–H groups in total. The summed E-state index contributed by atoms with van der Waals surface area (Å²) < 4.78 is 18.6. The van der Waals surface area contributed by atoms with Crippen LogP contribution in [0.1, 0.15) is 49.8 Å². The highest BCUT2D eigenvalue weighted by Crippen LogP contribution is 2.46. The van der Waals surface area contributed by atoms with E-state index in [2.05, 4.69) is 15.1 Å². The van der Waals surface area contributed by atoms with E-state index in [0.29, 0.717) is 40.3 Å². The zero-order chi connectivity index (χ0) is 26.2. The molecule has 2 aliphatic rings. The summed E-state index contributed by atoms with van der Waals surface area (Å²) in [6.07, 6.45) is 6.94. The van der Waals surface area contributed by atoms with Crippen LogP contribution in [0.4, 0.5) is 0 Å². The van der Waals surface area contributed by atoms with Crippen LogP contribution < -0.4 is 9.47 Å². The Balaban J connectivity index is 1.37. The normalized spacial score (nSPS) is 22.4. The van der Waals surface area contributed by atoms with Gasteiger partial charge in [0.15, 0.2) is 11.0 Å². The van der Waals surface area contributed by atoms with Crippen LogP contribution in [-0.2, 0) is 20.7 Å². The van der Waals surface area contributed by atoms with E-state index >= 15 is 0 Å². The molecule has 11 heteroatoms. The fourth-order valence-corrected chi connectivity index (χ4v) is 6.51. The Hall–Kier alpha value is -2.85. The summed E-state index contributed by atoms with van der Waals surface area (Å²) in [7, 11) is 3.14. The molecule has 1 aliphatic heterocycles. The second kappa shape index (κ2) is 10.5. The van der Waals surface area contributed by atoms with Crippen LogP contribution in [0, 0.1) is 12.8 Å². The lowest BCUT2D eigenvalue weighted by molar-refractivity contribution is -0.177. The molecule has 0 spiro atoms. The quantitative estimate of drug-likeness (QED) is 0.296. The number of carbonyl (C=O) groups is 2. The Labute approximate surface area is 224 Å².